The molecule has 0 saturated carbocycles. The maximum Gasteiger partial charge on any atom is 0.0731 e. The van der Waals surface area contributed by atoms with Gasteiger partial charge in [0, 0.05) is 17.3 Å². The summed E-state index contributed by atoms with van der Waals surface area (Å²) >= 11 is 4.37. The topological polar surface area (TPSA) is 40.5 Å². The molecule has 0 amide bonds. The van der Waals surface area contributed by atoms with Gasteiger partial charge in [-0.05, 0) is 19.8 Å². The fraction of sp³-hybridized carbons (Fsp3) is 1.00. The van der Waals surface area contributed by atoms with Crippen LogP contribution < -0.4 is 0 Å². The Labute approximate surface area is 80.4 Å². The maximum absolute atomic E-state index is 9.80. The Morgan fingerprint density at radius 1 is 1.42 bits per heavy atom. The minimum Gasteiger partial charge on any atom is -0.396 e. The molecule has 0 unspecified atom stereocenters. The molecule has 0 saturated heterocycles. The van der Waals surface area contributed by atoms with E-state index in [0.717, 1.165) is 12.8 Å². The van der Waals surface area contributed by atoms with Gasteiger partial charge in [0.25, 0.3) is 0 Å². The van der Waals surface area contributed by atoms with Crippen molar-refractivity contribution in [2.45, 2.75) is 44.5 Å². The van der Waals surface area contributed by atoms with Gasteiger partial charge in [-0.15, -0.1) is 0 Å². The third kappa shape index (κ3) is 2.96. The van der Waals surface area contributed by atoms with Crippen molar-refractivity contribution in [1.29, 1.82) is 0 Å². The van der Waals surface area contributed by atoms with Crippen LogP contribution >= 0.6 is 12.6 Å². The SMILES string of the molecule is CC[C@H](CO)[C@@H](O)[C@@](C)(S)CC. The van der Waals surface area contributed by atoms with E-state index in [9.17, 15) is 5.11 Å². The van der Waals surface area contributed by atoms with E-state index in [1.165, 1.54) is 0 Å². The average Bonchev–Trinajstić information content (AvgIpc) is 2.06. The number of hydrogen-bond acceptors (Lipinski definition) is 3. The van der Waals surface area contributed by atoms with Crippen molar-refractivity contribution in [3.05, 3.63) is 0 Å². The molecule has 74 valence electrons. The molecule has 0 radical (unpaired) electrons. The van der Waals surface area contributed by atoms with Gasteiger partial charge in [-0.1, -0.05) is 13.8 Å². The van der Waals surface area contributed by atoms with Crippen molar-refractivity contribution in [2.24, 2.45) is 5.92 Å². The summed E-state index contributed by atoms with van der Waals surface area (Å²) in [4.78, 5) is 0. The summed E-state index contributed by atoms with van der Waals surface area (Å²) in [6.45, 7) is 5.89. The second kappa shape index (κ2) is 5.10. The summed E-state index contributed by atoms with van der Waals surface area (Å²) in [6, 6.07) is 0. The lowest BCUT2D eigenvalue weighted by molar-refractivity contribution is 0.0389. The van der Waals surface area contributed by atoms with E-state index < -0.39 is 6.10 Å². The van der Waals surface area contributed by atoms with Crippen LogP contribution in [-0.2, 0) is 0 Å². The van der Waals surface area contributed by atoms with Gasteiger partial charge >= 0.3 is 0 Å². The van der Waals surface area contributed by atoms with Crippen LogP contribution in [0.25, 0.3) is 0 Å². The molecule has 0 aromatic rings. The van der Waals surface area contributed by atoms with Crippen LogP contribution in [0.15, 0.2) is 0 Å². The highest BCUT2D eigenvalue weighted by atomic mass is 32.1. The van der Waals surface area contributed by atoms with Crippen molar-refractivity contribution in [2.75, 3.05) is 6.61 Å². The first-order valence-corrected chi connectivity index (χ1v) is 4.95. The lowest BCUT2D eigenvalue weighted by Gasteiger charge is -2.33. The second-order valence-electron chi connectivity index (χ2n) is 3.51. The summed E-state index contributed by atoms with van der Waals surface area (Å²) in [6.07, 6.45) is 1.06. The Morgan fingerprint density at radius 2 is 1.92 bits per heavy atom. The van der Waals surface area contributed by atoms with Crippen molar-refractivity contribution in [1.82, 2.24) is 0 Å². The van der Waals surface area contributed by atoms with Crippen molar-refractivity contribution >= 4 is 12.6 Å². The van der Waals surface area contributed by atoms with Crippen LogP contribution in [0.5, 0.6) is 0 Å². The molecule has 0 aliphatic rings. The Bertz CT molecular complexity index is 122. The van der Waals surface area contributed by atoms with Gasteiger partial charge in [-0.3, -0.25) is 0 Å². The molecule has 0 fully saturated rings. The Kier molecular flexibility index (Phi) is 5.21. The average molecular weight is 192 g/mol. The van der Waals surface area contributed by atoms with Gasteiger partial charge in [0.1, 0.15) is 0 Å². The fourth-order valence-electron chi connectivity index (χ4n) is 1.17. The van der Waals surface area contributed by atoms with Crippen LogP contribution in [0.3, 0.4) is 0 Å². The third-order valence-electron chi connectivity index (χ3n) is 2.56. The normalized spacial score (nSPS) is 21.5. The number of aliphatic hydroxyl groups excluding tert-OH is 2. The number of hydrogen-bond donors (Lipinski definition) is 3. The number of rotatable bonds is 5. The first-order chi connectivity index (χ1) is 5.49. The van der Waals surface area contributed by atoms with Crippen molar-refractivity contribution in [3.63, 3.8) is 0 Å². The zero-order valence-corrected chi connectivity index (χ0v) is 9.01. The largest absolute Gasteiger partial charge is 0.396 e. The molecule has 0 aromatic heterocycles. The maximum atomic E-state index is 9.80. The van der Waals surface area contributed by atoms with E-state index in [0.29, 0.717) is 0 Å². The summed E-state index contributed by atoms with van der Waals surface area (Å²) in [5.41, 5.74) is 0. The summed E-state index contributed by atoms with van der Waals surface area (Å²) in [7, 11) is 0. The van der Waals surface area contributed by atoms with E-state index in [1.54, 1.807) is 0 Å². The monoisotopic (exact) mass is 192 g/mol. The van der Waals surface area contributed by atoms with Crippen LogP contribution in [0, 0.1) is 5.92 Å². The lowest BCUT2D eigenvalue weighted by Crippen LogP contribution is -2.40. The van der Waals surface area contributed by atoms with E-state index >= 15 is 0 Å². The molecule has 12 heavy (non-hydrogen) atoms. The Balaban J connectivity index is 4.23. The summed E-state index contributed by atoms with van der Waals surface area (Å²) in [5.74, 6) is -0.0487. The minimum atomic E-state index is -0.527. The molecule has 0 spiro atoms. The lowest BCUT2D eigenvalue weighted by atomic mass is 9.88. The minimum absolute atomic E-state index is 0.0355. The Morgan fingerprint density at radius 3 is 2.17 bits per heavy atom. The van der Waals surface area contributed by atoms with Gasteiger partial charge in [0.15, 0.2) is 0 Å². The summed E-state index contributed by atoms with van der Waals surface area (Å²) in [5, 5.41) is 18.8. The van der Waals surface area contributed by atoms with Gasteiger partial charge in [0.05, 0.1) is 6.10 Å². The van der Waals surface area contributed by atoms with Crippen molar-refractivity contribution < 1.29 is 10.2 Å². The first-order valence-electron chi connectivity index (χ1n) is 4.50. The molecule has 3 heteroatoms. The molecule has 0 bridgehead atoms. The van der Waals surface area contributed by atoms with Gasteiger partial charge in [-0.2, -0.15) is 12.6 Å². The molecule has 2 nitrogen and oxygen atoms in total. The molecule has 0 aliphatic heterocycles. The van der Waals surface area contributed by atoms with Crippen LogP contribution in [0.2, 0.25) is 0 Å². The van der Waals surface area contributed by atoms with Gasteiger partial charge < -0.3 is 10.2 Å². The van der Waals surface area contributed by atoms with Crippen molar-refractivity contribution in [3.8, 4) is 0 Å². The van der Waals surface area contributed by atoms with E-state index in [4.69, 9.17) is 5.11 Å². The predicted molar refractivity (Wildman–Crippen MR) is 54.6 cm³/mol. The molecule has 2 N–H and O–H groups in total. The third-order valence-corrected chi connectivity index (χ3v) is 3.14. The van der Waals surface area contributed by atoms with E-state index in [2.05, 4.69) is 12.6 Å². The highest BCUT2D eigenvalue weighted by Crippen LogP contribution is 2.28. The molecule has 0 heterocycles. The molecular formula is C9H20O2S. The van der Waals surface area contributed by atoms with Crippen LogP contribution in [0.1, 0.15) is 33.6 Å². The zero-order chi connectivity index (χ0) is 9.78. The highest BCUT2D eigenvalue weighted by molar-refractivity contribution is 7.81. The van der Waals surface area contributed by atoms with E-state index in [-0.39, 0.29) is 17.3 Å². The Hall–Kier alpha value is 0.270. The van der Waals surface area contributed by atoms with Gasteiger partial charge in [-0.25, -0.2) is 0 Å². The van der Waals surface area contributed by atoms with Crippen LogP contribution in [0.4, 0.5) is 0 Å². The molecule has 3 atom stereocenters. The first kappa shape index (κ1) is 12.3. The molecule has 0 rings (SSSR count). The number of thiol groups is 1. The summed E-state index contributed by atoms with van der Waals surface area (Å²) < 4.78 is -0.386. The molecule has 0 aliphatic carbocycles. The van der Waals surface area contributed by atoms with E-state index in [1.807, 2.05) is 20.8 Å². The smallest absolute Gasteiger partial charge is 0.0731 e. The zero-order valence-electron chi connectivity index (χ0n) is 8.12. The van der Waals surface area contributed by atoms with Gasteiger partial charge in [0.2, 0.25) is 0 Å². The second-order valence-corrected chi connectivity index (χ2v) is 4.53. The highest BCUT2D eigenvalue weighted by Gasteiger charge is 2.32. The molecule has 0 aromatic carbocycles. The van der Waals surface area contributed by atoms with Crippen LogP contribution in [-0.4, -0.2) is 27.7 Å². The molecular weight excluding hydrogens is 172 g/mol. The standard InChI is InChI=1S/C9H20O2S/c1-4-7(6-10)8(11)9(3,12)5-2/h7-8,10-12H,4-6H2,1-3H3/t7-,8-,9+/m1/s1. The predicted octanol–water partition coefficient (Wildman–Crippen LogP) is 1.46. The quantitative estimate of drug-likeness (QED) is 0.577. The fourth-order valence-corrected chi connectivity index (χ4v) is 1.38. The number of aliphatic hydroxyl groups is 2.